The topological polar surface area (TPSA) is 73.6 Å². The van der Waals surface area contributed by atoms with Crippen LogP contribution in [0, 0.1) is 0 Å². The first-order valence-electron chi connectivity index (χ1n) is 7.46. The number of nitrogens with two attached hydrogens (primary N) is 1. The van der Waals surface area contributed by atoms with E-state index in [0.717, 1.165) is 18.4 Å². The number of ether oxygens (including phenoxy) is 2. The molecule has 0 saturated heterocycles. The molecule has 0 aliphatic carbocycles. The number of aryl methyl sites for hydroxylation is 1. The van der Waals surface area contributed by atoms with Gasteiger partial charge >= 0.3 is 6.09 Å². The number of carbonyl (C=O) groups excluding carboxylic acids is 1. The Morgan fingerprint density at radius 2 is 1.86 bits per heavy atom. The summed E-state index contributed by atoms with van der Waals surface area (Å²) < 4.78 is 10.5. The number of anilines is 1. The zero-order valence-electron chi connectivity index (χ0n) is 14.4. The molecule has 5 nitrogen and oxygen atoms in total. The van der Waals surface area contributed by atoms with E-state index in [2.05, 4.69) is 5.32 Å². The van der Waals surface area contributed by atoms with Crippen LogP contribution in [-0.4, -0.2) is 24.3 Å². The number of nitrogens with one attached hydrogen (secondary N) is 1. The number of hydrogen-bond acceptors (Lipinski definition) is 4. The summed E-state index contributed by atoms with van der Waals surface area (Å²) in [4.78, 5) is 12.0. The van der Waals surface area contributed by atoms with Gasteiger partial charge in [0.1, 0.15) is 11.4 Å². The summed E-state index contributed by atoms with van der Waals surface area (Å²) in [5.74, 6) is 0.682. The smallest absolute Gasteiger partial charge is 0.412 e. The van der Waals surface area contributed by atoms with E-state index >= 15 is 0 Å². The normalized spacial score (nSPS) is 12.0. The fraction of sp³-hybridized carbons (Fsp3) is 0.588. The van der Waals surface area contributed by atoms with Gasteiger partial charge in [0.05, 0.1) is 12.8 Å². The lowest BCUT2D eigenvalue weighted by Gasteiger charge is -2.22. The van der Waals surface area contributed by atoms with Crippen molar-refractivity contribution in [2.45, 2.75) is 58.6 Å². The lowest BCUT2D eigenvalue weighted by atomic mass is 9.95. The van der Waals surface area contributed by atoms with Crippen molar-refractivity contribution in [2.24, 2.45) is 5.73 Å². The second kappa shape index (κ2) is 7.01. The number of rotatable bonds is 5. The van der Waals surface area contributed by atoms with Crippen molar-refractivity contribution in [3.05, 3.63) is 23.8 Å². The predicted molar refractivity (Wildman–Crippen MR) is 89.4 cm³/mol. The van der Waals surface area contributed by atoms with E-state index in [1.165, 1.54) is 0 Å². The molecule has 0 heterocycles. The van der Waals surface area contributed by atoms with Crippen molar-refractivity contribution in [3.63, 3.8) is 0 Å². The molecule has 5 heteroatoms. The number of benzene rings is 1. The van der Waals surface area contributed by atoms with Gasteiger partial charge in [0.25, 0.3) is 0 Å². The molecule has 1 aromatic carbocycles. The van der Waals surface area contributed by atoms with Crippen molar-refractivity contribution < 1.29 is 14.3 Å². The van der Waals surface area contributed by atoms with Gasteiger partial charge in [0.2, 0.25) is 0 Å². The zero-order chi connectivity index (χ0) is 17.0. The molecular weight excluding hydrogens is 280 g/mol. The lowest BCUT2D eigenvalue weighted by Crippen LogP contribution is -2.32. The SMILES string of the molecule is COc1ccc(CCC(C)(C)N)c(NC(=O)OC(C)(C)C)c1. The van der Waals surface area contributed by atoms with E-state index in [1.807, 2.05) is 46.8 Å². The van der Waals surface area contributed by atoms with E-state index in [0.29, 0.717) is 11.4 Å². The first-order chi connectivity index (χ1) is 10.00. The van der Waals surface area contributed by atoms with Crippen molar-refractivity contribution in [1.29, 1.82) is 0 Å². The third-order valence-corrected chi connectivity index (χ3v) is 2.99. The Labute approximate surface area is 133 Å². The first kappa shape index (κ1) is 18.3. The summed E-state index contributed by atoms with van der Waals surface area (Å²) in [6.07, 6.45) is 1.09. The summed E-state index contributed by atoms with van der Waals surface area (Å²) in [6, 6.07) is 5.61. The highest BCUT2D eigenvalue weighted by Gasteiger charge is 2.18. The van der Waals surface area contributed by atoms with Crippen LogP contribution in [0.2, 0.25) is 0 Å². The Balaban J connectivity index is 2.91. The minimum atomic E-state index is -0.539. The Morgan fingerprint density at radius 1 is 1.23 bits per heavy atom. The highest BCUT2D eigenvalue weighted by Crippen LogP contribution is 2.25. The summed E-state index contributed by atoms with van der Waals surface area (Å²) in [7, 11) is 1.59. The third kappa shape index (κ3) is 6.80. The van der Waals surface area contributed by atoms with E-state index in [9.17, 15) is 4.79 Å². The summed E-state index contributed by atoms with van der Waals surface area (Å²) in [5, 5.41) is 2.80. The van der Waals surface area contributed by atoms with Crippen LogP contribution in [-0.2, 0) is 11.2 Å². The van der Waals surface area contributed by atoms with Crippen molar-refractivity contribution in [3.8, 4) is 5.75 Å². The van der Waals surface area contributed by atoms with Gasteiger partial charge < -0.3 is 15.2 Å². The van der Waals surface area contributed by atoms with Gasteiger partial charge in [0, 0.05) is 11.6 Å². The Hall–Kier alpha value is -1.75. The summed E-state index contributed by atoms with van der Waals surface area (Å²) in [6.45, 7) is 9.46. The standard InChI is InChI=1S/C17H28N2O3/c1-16(2,3)22-15(20)19-14-11-13(21-6)8-7-12(14)9-10-17(4,5)18/h7-8,11H,9-10,18H2,1-6H3,(H,19,20). The van der Waals surface area contributed by atoms with E-state index in [4.69, 9.17) is 15.2 Å². The maximum Gasteiger partial charge on any atom is 0.412 e. The molecule has 3 N–H and O–H groups in total. The Bertz CT molecular complexity index is 514. The highest BCUT2D eigenvalue weighted by molar-refractivity contribution is 5.86. The molecule has 0 aliphatic rings. The number of hydrogen-bond donors (Lipinski definition) is 2. The molecule has 0 unspecified atom stereocenters. The molecule has 0 fully saturated rings. The maximum atomic E-state index is 12.0. The van der Waals surface area contributed by atoms with Gasteiger partial charge in [-0.2, -0.15) is 0 Å². The molecule has 1 rings (SSSR count). The fourth-order valence-electron chi connectivity index (χ4n) is 1.89. The van der Waals surface area contributed by atoms with Crippen molar-refractivity contribution >= 4 is 11.8 Å². The van der Waals surface area contributed by atoms with Crippen LogP contribution in [0.4, 0.5) is 10.5 Å². The Morgan fingerprint density at radius 3 is 2.36 bits per heavy atom. The van der Waals surface area contributed by atoms with Crippen LogP contribution in [0.1, 0.15) is 46.6 Å². The van der Waals surface area contributed by atoms with Crippen LogP contribution >= 0.6 is 0 Å². The summed E-state index contributed by atoms with van der Waals surface area (Å²) in [5.41, 5.74) is 6.93. The van der Waals surface area contributed by atoms with Crippen molar-refractivity contribution in [1.82, 2.24) is 0 Å². The maximum absolute atomic E-state index is 12.0. The number of carbonyl (C=O) groups is 1. The Kier molecular flexibility index (Phi) is 5.83. The van der Waals surface area contributed by atoms with Gasteiger partial charge in [-0.1, -0.05) is 6.07 Å². The quantitative estimate of drug-likeness (QED) is 0.869. The van der Waals surface area contributed by atoms with Gasteiger partial charge in [-0.3, -0.25) is 5.32 Å². The number of amides is 1. The van der Waals surface area contributed by atoms with Gasteiger partial charge in [0.15, 0.2) is 0 Å². The molecule has 0 aliphatic heterocycles. The minimum absolute atomic E-state index is 0.261. The van der Waals surface area contributed by atoms with Crippen LogP contribution in [0.3, 0.4) is 0 Å². The van der Waals surface area contributed by atoms with Gasteiger partial charge in [-0.05, 0) is 59.1 Å². The van der Waals surface area contributed by atoms with Gasteiger partial charge in [-0.15, -0.1) is 0 Å². The van der Waals surface area contributed by atoms with Crippen LogP contribution in [0.15, 0.2) is 18.2 Å². The molecular formula is C17H28N2O3. The second-order valence-corrected chi connectivity index (χ2v) is 7.14. The molecule has 22 heavy (non-hydrogen) atoms. The van der Waals surface area contributed by atoms with Crippen molar-refractivity contribution in [2.75, 3.05) is 12.4 Å². The fourth-order valence-corrected chi connectivity index (χ4v) is 1.89. The van der Waals surface area contributed by atoms with Crippen LogP contribution < -0.4 is 15.8 Å². The molecule has 0 atom stereocenters. The molecule has 0 saturated carbocycles. The highest BCUT2D eigenvalue weighted by atomic mass is 16.6. The molecule has 0 aromatic heterocycles. The monoisotopic (exact) mass is 308 g/mol. The largest absolute Gasteiger partial charge is 0.497 e. The summed E-state index contributed by atoms with van der Waals surface area (Å²) >= 11 is 0. The third-order valence-electron chi connectivity index (χ3n) is 2.99. The lowest BCUT2D eigenvalue weighted by molar-refractivity contribution is 0.0636. The van der Waals surface area contributed by atoms with E-state index in [1.54, 1.807) is 13.2 Å². The van der Waals surface area contributed by atoms with Crippen LogP contribution in [0.25, 0.3) is 0 Å². The molecule has 0 spiro atoms. The zero-order valence-corrected chi connectivity index (χ0v) is 14.4. The van der Waals surface area contributed by atoms with Gasteiger partial charge in [-0.25, -0.2) is 4.79 Å². The molecule has 0 radical (unpaired) electrons. The molecule has 0 bridgehead atoms. The predicted octanol–water partition coefficient (Wildman–Crippen LogP) is 3.71. The molecule has 1 aromatic rings. The molecule has 1 amide bonds. The average molecular weight is 308 g/mol. The van der Waals surface area contributed by atoms with E-state index in [-0.39, 0.29) is 5.54 Å². The minimum Gasteiger partial charge on any atom is -0.497 e. The number of methoxy groups -OCH3 is 1. The molecule has 124 valence electrons. The average Bonchev–Trinajstić information content (AvgIpc) is 2.33. The van der Waals surface area contributed by atoms with E-state index < -0.39 is 11.7 Å². The first-order valence-corrected chi connectivity index (χ1v) is 7.46. The second-order valence-electron chi connectivity index (χ2n) is 7.14. The van der Waals surface area contributed by atoms with Crippen LogP contribution in [0.5, 0.6) is 5.75 Å².